The Kier molecular flexibility index (Phi) is 3.97. The molecule has 0 amide bonds. The van der Waals surface area contributed by atoms with Crippen molar-refractivity contribution in [1.82, 2.24) is 4.98 Å². The number of H-pyrrole nitrogens is 1. The van der Waals surface area contributed by atoms with Gasteiger partial charge in [0.1, 0.15) is 0 Å². The number of para-hydroxylation sites is 1. The van der Waals surface area contributed by atoms with Gasteiger partial charge in [0, 0.05) is 26.3 Å². The van der Waals surface area contributed by atoms with Gasteiger partial charge in [-0.05, 0) is 39.9 Å². The molecular formula is C31H20BrN. The van der Waals surface area contributed by atoms with Gasteiger partial charge in [-0.2, -0.15) is 0 Å². The minimum Gasteiger partial charge on any atom is -0.354 e. The summed E-state index contributed by atoms with van der Waals surface area (Å²) in [5, 5.41) is 2.54. The summed E-state index contributed by atoms with van der Waals surface area (Å²) >= 11 is 3.97. The first-order chi connectivity index (χ1) is 16.3. The molecule has 0 radical (unpaired) electrons. The van der Waals surface area contributed by atoms with Crippen LogP contribution in [0.1, 0.15) is 22.3 Å². The lowest BCUT2D eigenvalue weighted by Gasteiger charge is -2.34. The Hall–Kier alpha value is -3.62. The first-order valence-electron chi connectivity index (χ1n) is 11.2. The van der Waals surface area contributed by atoms with E-state index in [2.05, 4.69) is 136 Å². The fourth-order valence-corrected chi connectivity index (χ4v) is 6.57. The number of rotatable bonds is 2. The lowest BCUT2D eigenvalue weighted by molar-refractivity contribution is 0.765. The molecule has 0 saturated heterocycles. The van der Waals surface area contributed by atoms with Gasteiger partial charge < -0.3 is 4.98 Å². The second-order valence-electron chi connectivity index (χ2n) is 8.73. The van der Waals surface area contributed by atoms with Crippen LogP contribution in [0.2, 0.25) is 0 Å². The quantitative estimate of drug-likeness (QED) is 0.252. The summed E-state index contributed by atoms with van der Waals surface area (Å²) in [5.74, 6) is 0. The number of fused-ring (bicyclic) bond motifs is 7. The van der Waals surface area contributed by atoms with E-state index in [-0.39, 0.29) is 0 Å². The lowest BCUT2D eigenvalue weighted by Crippen LogP contribution is -2.28. The number of aromatic nitrogens is 1. The van der Waals surface area contributed by atoms with Crippen LogP contribution in [0.15, 0.2) is 120 Å². The maximum Gasteiger partial charge on any atom is 0.0725 e. The van der Waals surface area contributed by atoms with Gasteiger partial charge in [-0.3, -0.25) is 0 Å². The van der Waals surface area contributed by atoms with E-state index < -0.39 is 5.41 Å². The summed E-state index contributed by atoms with van der Waals surface area (Å²) in [6.45, 7) is 0. The molecule has 1 heterocycles. The van der Waals surface area contributed by atoms with Gasteiger partial charge >= 0.3 is 0 Å². The molecule has 1 N–H and O–H groups in total. The molecule has 0 unspecified atom stereocenters. The zero-order valence-corrected chi connectivity index (χ0v) is 19.4. The molecule has 1 aliphatic carbocycles. The number of halogens is 1. The van der Waals surface area contributed by atoms with Crippen LogP contribution in [0.5, 0.6) is 0 Å². The maximum absolute atomic E-state index is 3.97. The highest BCUT2D eigenvalue weighted by Gasteiger charge is 2.48. The minimum atomic E-state index is -0.404. The molecule has 0 saturated carbocycles. The molecule has 1 nitrogen and oxygen atoms in total. The van der Waals surface area contributed by atoms with E-state index in [1.807, 2.05) is 0 Å². The number of aromatic amines is 1. The standard InChI is InChI=1S/C31H20BrN/c32-26-16-9-15-24-28-25(19-18-23-22-14-7-8-17-27(22)33-30(23)28)31(29(24)26,20-10-3-1-4-11-20)21-12-5-2-6-13-21/h1-19,33H. The van der Waals surface area contributed by atoms with E-state index in [1.54, 1.807) is 0 Å². The van der Waals surface area contributed by atoms with Crippen LogP contribution in [0.4, 0.5) is 0 Å². The van der Waals surface area contributed by atoms with Gasteiger partial charge in [-0.1, -0.05) is 119 Å². The Balaban J connectivity index is 1.73. The van der Waals surface area contributed by atoms with Crippen LogP contribution in [0.25, 0.3) is 32.9 Å². The van der Waals surface area contributed by atoms with Crippen LogP contribution in [-0.4, -0.2) is 4.98 Å². The molecule has 0 spiro atoms. The Bertz CT molecular complexity index is 1620. The second kappa shape index (κ2) is 6.94. The molecular weight excluding hydrogens is 466 g/mol. The third-order valence-electron chi connectivity index (χ3n) is 7.16. The SMILES string of the molecule is Brc1cccc2c1C(c1ccccc1)(c1ccccc1)c1ccc3c([nH]c4ccccc43)c1-2. The number of hydrogen-bond acceptors (Lipinski definition) is 0. The largest absolute Gasteiger partial charge is 0.354 e. The molecule has 0 bridgehead atoms. The molecule has 33 heavy (non-hydrogen) atoms. The van der Waals surface area contributed by atoms with Gasteiger partial charge in [0.2, 0.25) is 0 Å². The van der Waals surface area contributed by atoms with Crippen LogP contribution < -0.4 is 0 Å². The fraction of sp³-hybridized carbons (Fsp3) is 0.0323. The van der Waals surface area contributed by atoms with E-state index >= 15 is 0 Å². The van der Waals surface area contributed by atoms with Crippen molar-refractivity contribution in [3.63, 3.8) is 0 Å². The zero-order valence-electron chi connectivity index (χ0n) is 17.8. The summed E-state index contributed by atoms with van der Waals surface area (Å²) in [7, 11) is 0. The van der Waals surface area contributed by atoms with Crippen molar-refractivity contribution in [3.8, 4) is 11.1 Å². The van der Waals surface area contributed by atoms with Crippen LogP contribution in [0, 0.1) is 0 Å². The molecule has 6 aromatic rings. The average Bonchev–Trinajstić information content (AvgIpc) is 3.40. The van der Waals surface area contributed by atoms with E-state index in [1.165, 1.54) is 55.2 Å². The predicted octanol–water partition coefficient (Wildman–Crippen LogP) is 8.45. The second-order valence-corrected chi connectivity index (χ2v) is 9.58. The molecule has 0 atom stereocenters. The van der Waals surface area contributed by atoms with Crippen LogP contribution >= 0.6 is 15.9 Å². The van der Waals surface area contributed by atoms with Crippen molar-refractivity contribution in [2.24, 2.45) is 0 Å². The first kappa shape index (κ1) is 18.9. The predicted molar refractivity (Wildman–Crippen MR) is 141 cm³/mol. The third kappa shape index (κ3) is 2.42. The summed E-state index contributed by atoms with van der Waals surface area (Å²) < 4.78 is 1.13. The van der Waals surface area contributed by atoms with Gasteiger partial charge in [-0.15, -0.1) is 0 Å². The molecule has 2 heteroatoms. The lowest BCUT2D eigenvalue weighted by atomic mass is 9.67. The zero-order chi connectivity index (χ0) is 22.0. The van der Waals surface area contributed by atoms with E-state index in [9.17, 15) is 0 Å². The Morgan fingerprint density at radius 3 is 1.97 bits per heavy atom. The first-order valence-corrected chi connectivity index (χ1v) is 12.0. The number of hydrogen-bond donors (Lipinski definition) is 1. The smallest absolute Gasteiger partial charge is 0.0725 e. The summed E-state index contributed by atoms with van der Waals surface area (Å²) in [5.41, 5.74) is 9.74. The molecule has 7 rings (SSSR count). The average molecular weight is 486 g/mol. The maximum atomic E-state index is 3.97. The van der Waals surface area contributed by atoms with E-state index in [0.29, 0.717) is 0 Å². The third-order valence-corrected chi connectivity index (χ3v) is 7.82. The van der Waals surface area contributed by atoms with Gasteiger partial charge in [-0.25, -0.2) is 0 Å². The topological polar surface area (TPSA) is 15.8 Å². The molecule has 0 aliphatic heterocycles. The van der Waals surface area contributed by atoms with Crippen LogP contribution in [0.3, 0.4) is 0 Å². The fourth-order valence-electron chi connectivity index (χ4n) is 5.90. The minimum absolute atomic E-state index is 0.404. The Morgan fingerprint density at radius 1 is 0.576 bits per heavy atom. The van der Waals surface area contributed by atoms with Crippen molar-refractivity contribution in [3.05, 3.63) is 142 Å². The molecule has 0 fully saturated rings. The van der Waals surface area contributed by atoms with Crippen molar-refractivity contribution < 1.29 is 0 Å². The van der Waals surface area contributed by atoms with Crippen LogP contribution in [-0.2, 0) is 5.41 Å². The summed E-state index contributed by atoms with van der Waals surface area (Å²) in [4.78, 5) is 3.76. The van der Waals surface area contributed by atoms with Gasteiger partial charge in [0.15, 0.2) is 0 Å². The van der Waals surface area contributed by atoms with Gasteiger partial charge in [0.25, 0.3) is 0 Å². The molecule has 156 valence electrons. The molecule has 5 aromatic carbocycles. The Morgan fingerprint density at radius 2 is 1.24 bits per heavy atom. The monoisotopic (exact) mass is 485 g/mol. The summed E-state index contributed by atoms with van der Waals surface area (Å²) in [6.07, 6.45) is 0. The summed E-state index contributed by atoms with van der Waals surface area (Å²) in [6, 6.07) is 41.7. The molecule has 1 aromatic heterocycles. The van der Waals surface area contributed by atoms with E-state index in [0.717, 1.165) is 4.47 Å². The van der Waals surface area contributed by atoms with E-state index in [4.69, 9.17) is 0 Å². The number of nitrogens with one attached hydrogen (secondary N) is 1. The highest BCUT2D eigenvalue weighted by atomic mass is 79.9. The van der Waals surface area contributed by atoms with Crippen molar-refractivity contribution in [2.45, 2.75) is 5.41 Å². The molecule has 1 aliphatic rings. The van der Waals surface area contributed by atoms with Crippen molar-refractivity contribution in [1.29, 1.82) is 0 Å². The highest BCUT2D eigenvalue weighted by Crippen LogP contribution is 2.59. The van der Waals surface area contributed by atoms with Crippen molar-refractivity contribution >= 4 is 37.7 Å². The highest BCUT2D eigenvalue weighted by molar-refractivity contribution is 9.10. The van der Waals surface area contributed by atoms with Crippen molar-refractivity contribution in [2.75, 3.05) is 0 Å². The normalized spacial score (nSPS) is 13.8. The number of benzene rings is 5. The van der Waals surface area contributed by atoms with Gasteiger partial charge in [0.05, 0.1) is 10.9 Å². The Labute approximate surface area is 200 Å².